The zero-order chi connectivity index (χ0) is 24.1. The van der Waals surface area contributed by atoms with Crippen molar-refractivity contribution in [3.63, 3.8) is 0 Å². The molecule has 2 aromatic rings. The summed E-state index contributed by atoms with van der Waals surface area (Å²) in [6, 6.07) is 11.0. The Balaban J connectivity index is 1.56. The van der Waals surface area contributed by atoms with Crippen LogP contribution in [0.3, 0.4) is 0 Å². The molecular weight excluding hydrogens is 460 g/mol. The highest BCUT2D eigenvalue weighted by Crippen LogP contribution is 2.34. The van der Waals surface area contributed by atoms with Crippen LogP contribution in [0.25, 0.3) is 0 Å². The van der Waals surface area contributed by atoms with Crippen LogP contribution in [-0.4, -0.2) is 59.5 Å². The largest absolute Gasteiger partial charge is 0.370 e. The lowest BCUT2D eigenvalue weighted by molar-refractivity contribution is -0.0221. The number of pyridine rings is 1. The number of nitrogens with zero attached hydrogens (tertiary/aromatic N) is 5. The summed E-state index contributed by atoms with van der Waals surface area (Å²) >= 11 is 0. The number of aliphatic imine (C=N–C) groups is 1. The number of nitrogens with two attached hydrogens (primary N) is 1. The topological polar surface area (TPSA) is 99.2 Å². The molecule has 0 aliphatic carbocycles. The van der Waals surface area contributed by atoms with Crippen LogP contribution in [-0.2, 0) is 11.0 Å². The van der Waals surface area contributed by atoms with Gasteiger partial charge in [-0.05, 0) is 43.2 Å². The minimum atomic E-state index is -2.62. The number of piperidine rings is 1. The lowest BCUT2D eigenvalue weighted by Crippen LogP contribution is -2.39. The summed E-state index contributed by atoms with van der Waals surface area (Å²) in [6.45, 7) is 2.35. The smallest absolute Gasteiger partial charge is 0.251 e. The zero-order valence-corrected chi connectivity index (χ0v) is 19.9. The van der Waals surface area contributed by atoms with Crippen molar-refractivity contribution >= 4 is 45.8 Å². The van der Waals surface area contributed by atoms with Crippen LogP contribution in [0.2, 0.25) is 0 Å². The number of hydrogen-bond acceptors (Lipinski definition) is 7. The lowest BCUT2D eigenvalue weighted by Gasteiger charge is -2.32. The van der Waals surface area contributed by atoms with Crippen LogP contribution in [0.1, 0.15) is 31.4 Å². The van der Waals surface area contributed by atoms with Crippen LogP contribution in [0.4, 0.5) is 31.7 Å². The predicted molar refractivity (Wildman–Crippen MR) is 135 cm³/mol. The second kappa shape index (κ2) is 10.5. The van der Waals surface area contributed by atoms with E-state index in [1.165, 1.54) is 0 Å². The maximum atomic E-state index is 13.5. The summed E-state index contributed by atoms with van der Waals surface area (Å²) in [5, 5.41) is 3.87. The van der Waals surface area contributed by atoms with Gasteiger partial charge in [0.25, 0.3) is 5.92 Å². The fraction of sp³-hybridized carbons (Fsp3) is 0.435. The number of alkyl halides is 2. The molecular formula is C23H29F2N7OS. The molecule has 1 aromatic carbocycles. The van der Waals surface area contributed by atoms with Gasteiger partial charge in [0.2, 0.25) is 0 Å². The lowest BCUT2D eigenvalue weighted by atomic mass is 10.1. The van der Waals surface area contributed by atoms with E-state index in [2.05, 4.69) is 24.7 Å². The molecule has 1 atom stereocenters. The van der Waals surface area contributed by atoms with E-state index in [4.69, 9.17) is 5.84 Å². The third kappa shape index (κ3) is 5.88. The summed E-state index contributed by atoms with van der Waals surface area (Å²) in [4.78, 5) is 13.3. The molecule has 1 unspecified atom stereocenters. The Kier molecular flexibility index (Phi) is 7.40. The van der Waals surface area contributed by atoms with Crippen molar-refractivity contribution in [3.05, 3.63) is 42.1 Å². The van der Waals surface area contributed by atoms with Gasteiger partial charge in [0.1, 0.15) is 22.5 Å². The molecule has 11 heteroatoms. The van der Waals surface area contributed by atoms with Gasteiger partial charge >= 0.3 is 0 Å². The zero-order valence-electron chi connectivity index (χ0n) is 19.1. The van der Waals surface area contributed by atoms with E-state index in [9.17, 15) is 13.0 Å². The van der Waals surface area contributed by atoms with Crippen molar-refractivity contribution in [2.45, 2.75) is 31.6 Å². The summed E-state index contributed by atoms with van der Waals surface area (Å²) in [6.07, 6.45) is 4.99. The van der Waals surface area contributed by atoms with Gasteiger partial charge in [-0.25, -0.2) is 18.0 Å². The van der Waals surface area contributed by atoms with Crippen LogP contribution in [0, 0.1) is 0 Å². The molecule has 2 saturated heterocycles. The van der Waals surface area contributed by atoms with Crippen molar-refractivity contribution in [2.75, 3.05) is 47.0 Å². The number of hydrogen-bond donors (Lipinski definition) is 2. The highest BCUT2D eigenvalue weighted by molar-refractivity contribution is 7.85. The van der Waals surface area contributed by atoms with Crippen molar-refractivity contribution in [1.82, 2.24) is 4.98 Å². The molecule has 1 aromatic heterocycles. The Labute approximate surface area is 200 Å². The first-order valence-electron chi connectivity index (χ1n) is 11.3. The highest BCUT2D eigenvalue weighted by atomic mass is 32.2. The number of aromatic nitrogens is 1. The van der Waals surface area contributed by atoms with Gasteiger partial charge in [0.05, 0.1) is 23.3 Å². The monoisotopic (exact) mass is 489 g/mol. The molecule has 0 bridgehead atoms. The number of hydrazone groups is 1. The highest BCUT2D eigenvalue weighted by Gasteiger charge is 2.34. The SMILES string of the molecule is CS(=O)Nc1ccc(N=C/C(=N\N)c2cccc(N3CCC(F)(F)CC3)n2)c(N2CCCC2)c1. The third-order valence-electron chi connectivity index (χ3n) is 5.96. The molecule has 2 aliphatic rings. The summed E-state index contributed by atoms with van der Waals surface area (Å²) < 4.78 is 41.6. The summed E-state index contributed by atoms with van der Waals surface area (Å²) in [5.74, 6) is 3.66. The van der Waals surface area contributed by atoms with E-state index < -0.39 is 16.9 Å². The fourth-order valence-corrected chi connectivity index (χ4v) is 4.63. The van der Waals surface area contributed by atoms with E-state index in [1.54, 1.807) is 24.6 Å². The number of anilines is 3. The number of rotatable bonds is 7. The molecule has 2 aliphatic heterocycles. The van der Waals surface area contributed by atoms with Gasteiger partial charge in [-0.15, -0.1) is 0 Å². The quantitative estimate of drug-likeness (QED) is 0.351. The van der Waals surface area contributed by atoms with Gasteiger partial charge in [-0.2, -0.15) is 5.10 Å². The third-order valence-corrected chi connectivity index (χ3v) is 6.49. The molecule has 3 heterocycles. The number of benzene rings is 1. The second-order valence-corrected chi connectivity index (χ2v) is 9.56. The number of nitrogens with one attached hydrogen (secondary N) is 1. The average Bonchev–Trinajstić information content (AvgIpc) is 3.35. The first-order valence-corrected chi connectivity index (χ1v) is 12.8. The van der Waals surface area contributed by atoms with Gasteiger partial charge in [-0.1, -0.05) is 6.07 Å². The fourth-order valence-electron chi connectivity index (χ4n) is 4.17. The Morgan fingerprint density at radius 1 is 1.15 bits per heavy atom. The van der Waals surface area contributed by atoms with Crippen LogP contribution < -0.4 is 20.4 Å². The summed E-state index contributed by atoms with van der Waals surface area (Å²) in [7, 11) is -1.18. The van der Waals surface area contributed by atoms with Crippen molar-refractivity contribution in [1.29, 1.82) is 0 Å². The summed E-state index contributed by atoms with van der Waals surface area (Å²) in [5.41, 5.74) is 3.34. The van der Waals surface area contributed by atoms with Crippen molar-refractivity contribution in [2.24, 2.45) is 15.9 Å². The molecule has 182 valence electrons. The second-order valence-electron chi connectivity index (χ2n) is 8.45. The van der Waals surface area contributed by atoms with Gasteiger partial charge in [-0.3, -0.25) is 4.99 Å². The Bertz CT molecular complexity index is 1090. The Morgan fingerprint density at radius 2 is 1.88 bits per heavy atom. The molecule has 0 amide bonds. The van der Waals surface area contributed by atoms with Gasteiger partial charge in [0.15, 0.2) is 0 Å². The molecule has 8 nitrogen and oxygen atoms in total. The van der Waals surface area contributed by atoms with E-state index >= 15 is 0 Å². The Morgan fingerprint density at radius 3 is 2.56 bits per heavy atom. The van der Waals surface area contributed by atoms with Gasteiger partial charge in [0, 0.05) is 51.0 Å². The number of halogens is 2. The predicted octanol–water partition coefficient (Wildman–Crippen LogP) is 3.69. The molecule has 3 N–H and O–H groups in total. The van der Waals surface area contributed by atoms with Crippen LogP contribution >= 0.6 is 0 Å². The maximum absolute atomic E-state index is 13.5. The normalized spacial score (nSPS) is 19.6. The first kappa shape index (κ1) is 24.1. The van der Waals surface area contributed by atoms with Crippen molar-refractivity contribution < 1.29 is 13.0 Å². The van der Waals surface area contributed by atoms with Crippen LogP contribution in [0.5, 0.6) is 0 Å². The molecule has 0 radical (unpaired) electrons. The standard InChI is InChI=1S/C23H29F2N7OS/c1-34(33)30-17-7-8-19(21(15-17)31-11-2-3-12-31)27-16-20(29-26)18-5-4-6-22(28-18)32-13-9-23(24,25)10-14-32/h4-8,15-16,30H,2-3,9-14,26H2,1H3/b27-16?,29-20+. The average molecular weight is 490 g/mol. The molecule has 0 spiro atoms. The minimum absolute atomic E-state index is 0.187. The van der Waals surface area contributed by atoms with Crippen molar-refractivity contribution in [3.8, 4) is 0 Å². The Hall–Kier alpha value is -3.08. The van der Waals surface area contributed by atoms with E-state index in [-0.39, 0.29) is 25.9 Å². The molecule has 0 saturated carbocycles. The minimum Gasteiger partial charge on any atom is -0.370 e. The molecule has 2 fully saturated rings. The van der Waals surface area contributed by atoms with E-state index in [0.29, 0.717) is 17.2 Å². The van der Waals surface area contributed by atoms with Crippen LogP contribution in [0.15, 0.2) is 46.5 Å². The van der Waals surface area contributed by atoms with Gasteiger partial charge < -0.3 is 20.4 Å². The molecule has 34 heavy (non-hydrogen) atoms. The van der Waals surface area contributed by atoms with E-state index in [1.807, 2.05) is 29.2 Å². The maximum Gasteiger partial charge on any atom is 0.251 e. The van der Waals surface area contributed by atoms with E-state index in [0.717, 1.165) is 43.0 Å². The first-order chi connectivity index (χ1) is 16.3. The molecule has 4 rings (SSSR count).